The summed E-state index contributed by atoms with van der Waals surface area (Å²) in [7, 11) is -3.56. The summed E-state index contributed by atoms with van der Waals surface area (Å²) in [4.78, 5) is -0.211. The molecule has 1 aromatic carbocycles. The summed E-state index contributed by atoms with van der Waals surface area (Å²) in [6, 6.07) is 4.26. The molecule has 84 valence electrons. The van der Waals surface area contributed by atoms with Gasteiger partial charge in [0.05, 0.1) is 5.60 Å². The average Bonchev–Trinajstić information content (AvgIpc) is 1.99. The number of hydrogen-bond acceptors (Lipinski definition) is 4. The van der Waals surface area contributed by atoms with Gasteiger partial charge in [0.2, 0.25) is 0 Å². The van der Waals surface area contributed by atoms with Gasteiger partial charge in [0.15, 0.2) is 9.84 Å². The summed E-state index contributed by atoms with van der Waals surface area (Å²) in [6.07, 6.45) is 0.997. The largest absolute Gasteiger partial charge is 0.507 e. The van der Waals surface area contributed by atoms with Crippen LogP contribution in [0.25, 0.3) is 0 Å². The normalized spacial score (nSPS) is 12.8. The average molecular weight is 230 g/mol. The Morgan fingerprint density at radius 1 is 1.27 bits per heavy atom. The molecule has 15 heavy (non-hydrogen) atoms. The second kappa shape index (κ2) is 3.50. The van der Waals surface area contributed by atoms with Crippen molar-refractivity contribution >= 4 is 9.84 Å². The summed E-state index contributed by atoms with van der Waals surface area (Å²) in [5, 5.41) is 19.3. The van der Waals surface area contributed by atoms with Crippen LogP contribution in [0.5, 0.6) is 5.75 Å². The Hall–Kier alpha value is -1.07. The molecule has 0 atom stereocenters. The minimum absolute atomic E-state index is 0.199. The van der Waals surface area contributed by atoms with Crippen LogP contribution in [-0.2, 0) is 15.4 Å². The Morgan fingerprint density at radius 3 is 2.13 bits per heavy atom. The van der Waals surface area contributed by atoms with Crippen molar-refractivity contribution in [2.75, 3.05) is 6.26 Å². The van der Waals surface area contributed by atoms with E-state index in [1.54, 1.807) is 0 Å². The molecule has 0 aliphatic carbocycles. The molecule has 0 spiro atoms. The van der Waals surface area contributed by atoms with E-state index in [1.807, 2.05) is 0 Å². The number of hydrogen-bond donors (Lipinski definition) is 2. The van der Waals surface area contributed by atoms with Crippen LogP contribution < -0.4 is 0 Å². The molecule has 1 aromatic rings. The smallest absolute Gasteiger partial charge is 0.179 e. The Balaban J connectivity index is 3.63. The van der Waals surface area contributed by atoms with Crippen LogP contribution in [0.2, 0.25) is 0 Å². The minimum Gasteiger partial charge on any atom is -0.507 e. The Labute approximate surface area is 89.1 Å². The van der Waals surface area contributed by atoms with Crippen molar-refractivity contribution in [3.63, 3.8) is 0 Å². The molecule has 0 heterocycles. The molecule has 0 aliphatic rings. The van der Waals surface area contributed by atoms with Crippen LogP contribution in [0.1, 0.15) is 19.4 Å². The lowest BCUT2D eigenvalue weighted by atomic mass is 9.98. The van der Waals surface area contributed by atoms with Gasteiger partial charge in [-0.05, 0) is 19.9 Å². The maximum Gasteiger partial charge on any atom is 0.179 e. The van der Waals surface area contributed by atoms with Crippen LogP contribution in [0.15, 0.2) is 23.1 Å². The third kappa shape index (κ3) is 2.49. The highest BCUT2D eigenvalue weighted by atomic mass is 32.2. The summed E-state index contributed by atoms with van der Waals surface area (Å²) in [6.45, 7) is 2.94. The Morgan fingerprint density at radius 2 is 1.80 bits per heavy atom. The molecule has 4 nitrogen and oxygen atoms in total. The zero-order valence-electron chi connectivity index (χ0n) is 8.85. The lowest BCUT2D eigenvalue weighted by Gasteiger charge is -2.21. The van der Waals surface area contributed by atoms with E-state index in [0.717, 1.165) is 6.26 Å². The molecule has 0 saturated carbocycles. The standard InChI is InChI=1S/C10H14O4S/c1-10(2,12)7-5-4-6-8(11)9(7)15(3,13)14/h4-6,11-12H,1-3H3. The fraction of sp³-hybridized carbons (Fsp3) is 0.400. The van der Waals surface area contributed by atoms with Crippen molar-refractivity contribution < 1.29 is 18.6 Å². The van der Waals surface area contributed by atoms with Gasteiger partial charge in [-0.2, -0.15) is 0 Å². The SMILES string of the molecule is CC(C)(O)c1cccc(O)c1S(C)(=O)=O. The maximum atomic E-state index is 11.5. The van der Waals surface area contributed by atoms with Crippen molar-refractivity contribution in [1.82, 2.24) is 0 Å². The second-order valence-electron chi connectivity index (χ2n) is 3.99. The number of phenolic OH excluding ortho intramolecular Hbond substituents is 1. The lowest BCUT2D eigenvalue weighted by molar-refractivity contribution is 0.0750. The van der Waals surface area contributed by atoms with Gasteiger partial charge in [0.25, 0.3) is 0 Å². The van der Waals surface area contributed by atoms with Gasteiger partial charge in [-0.25, -0.2) is 8.42 Å². The number of aliphatic hydroxyl groups is 1. The van der Waals surface area contributed by atoms with Crippen LogP contribution >= 0.6 is 0 Å². The van der Waals surface area contributed by atoms with Crippen LogP contribution in [0, 0.1) is 0 Å². The zero-order valence-corrected chi connectivity index (χ0v) is 9.67. The van der Waals surface area contributed by atoms with Gasteiger partial charge in [0.1, 0.15) is 10.6 Å². The van der Waals surface area contributed by atoms with Crippen molar-refractivity contribution in [3.8, 4) is 5.75 Å². The van der Waals surface area contributed by atoms with Crippen LogP contribution in [-0.4, -0.2) is 24.9 Å². The van der Waals surface area contributed by atoms with Crippen molar-refractivity contribution in [2.45, 2.75) is 24.3 Å². The monoisotopic (exact) mass is 230 g/mol. The van der Waals surface area contributed by atoms with Gasteiger partial charge >= 0.3 is 0 Å². The molecule has 0 radical (unpaired) electrons. The third-order valence-electron chi connectivity index (χ3n) is 2.02. The van der Waals surface area contributed by atoms with Crippen molar-refractivity contribution in [3.05, 3.63) is 23.8 Å². The van der Waals surface area contributed by atoms with Crippen molar-refractivity contribution in [1.29, 1.82) is 0 Å². The Bertz CT molecular complexity index is 469. The van der Waals surface area contributed by atoms with E-state index < -0.39 is 15.4 Å². The first-order valence-electron chi connectivity index (χ1n) is 4.39. The maximum absolute atomic E-state index is 11.5. The summed E-state index contributed by atoms with van der Waals surface area (Å²) >= 11 is 0. The molecule has 0 aliphatic heterocycles. The van der Waals surface area contributed by atoms with Gasteiger partial charge in [0, 0.05) is 11.8 Å². The van der Waals surface area contributed by atoms with E-state index in [2.05, 4.69) is 0 Å². The fourth-order valence-electron chi connectivity index (χ4n) is 1.40. The van der Waals surface area contributed by atoms with E-state index in [4.69, 9.17) is 0 Å². The summed E-state index contributed by atoms with van der Waals surface area (Å²) in [5.74, 6) is -0.336. The summed E-state index contributed by atoms with van der Waals surface area (Å²) < 4.78 is 22.9. The third-order valence-corrected chi connectivity index (χ3v) is 3.19. The molecule has 0 amide bonds. The highest BCUT2D eigenvalue weighted by Gasteiger charge is 2.27. The summed E-state index contributed by atoms with van der Waals surface area (Å²) in [5.41, 5.74) is -1.11. The number of benzene rings is 1. The Kier molecular flexibility index (Phi) is 2.80. The minimum atomic E-state index is -3.56. The molecular weight excluding hydrogens is 216 g/mol. The van der Waals surface area contributed by atoms with Gasteiger partial charge in [-0.15, -0.1) is 0 Å². The predicted octanol–water partition coefficient (Wildman–Crippen LogP) is 1.02. The van der Waals surface area contributed by atoms with Crippen LogP contribution in [0.4, 0.5) is 0 Å². The molecule has 2 N–H and O–H groups in total. The highest BCUT2D eigenvalue weighted by molar-refractivity contribution is 7.90. The zero-order chi connectivity index (χ0) is 11.9. The molecule has 0 unspecified atom stereocenters. The number of aromatic hydroxyl groups is 1. The molecule has 0 bridgehead atoms. The van der Waals surface area contributed by atoms with E-state index in [0.29, 0.717) is 0 Å². The molecule has 5 heteroatoms. The van der Waals surface area contributed by atoms with Gasteiger partial charge in [-0.1, -0.05) is 12.1 Å². The van der Waals surface area contributed by atoms with Gasteiger partial charge < -0.3 is 10.2 Å². The van der Waals surface area contributed by atoms with Crippen LogP contribution in [0.3, 0.4) is 0 Å². The quantitative estimate of drug-likeness (QED) is 0.795. The molecule has 1 rings (SSSR count). The fourth-order valence-corrected chi connectivity index (χ4v) is 2.56. The first-order valence-corrected chi connectivity index (χ1v) is 6.28. The highest BCUT2D eigenvalue weighted by Crippen LogP contribution is 2.33. The van der Waals surface area contributed by atoms with E-state index in [1.165, 1.54) is 32.0 Å². The first-order chi connectivity index (χ1) is 6.64. The van der Waals surface area contributed by atoms with Crippen molar-refractivity contribution in [2.24, 2.45) is 0 Å². The predicted molar refractivity (Wildman–Crippen MR) is 56.5 cm³/mol. The first kappa shape index (κ1) is 12.0. The molecular formula is C10H14O4S. The molecule has 0 aromatic heterocycles. The number of phenols is 1. The van der Waals surface area contributed by atoms with E-state index in [9.17, 15) is 18.6 Å². The molecule has 0 saturated heterocycles. The number of rotatable bonds is 2. The molecule has 0 fully saturated rings. The van der Waals surface area contributed by atoms with Gasteiger partial charge in [-0.3, -0.25) is 0 Å². The lowest BCUT2D eigenvalue weighted by Crippen LogP contribution is -2.19. The van der Waals surface area contributed by atoms with E-state index in [-0.39, 0.29) is 16.2 Å². The number of sulfone groups is 1. The second-order valence-corrected chi connectivity index (χ2v) is 5.94. The topological polar surface area (TPSA) is 74.6 Å². The van der Waals surface area contributed by atoms with E-state index >= 15 is 0 Å².